The number of nitrogens with zero attached hydrogens (tertiary/aromatic N) is 2. The molecule has 0 saturated heterocycles. The average molecular weight is 483 g/mol. The van der Waals surface area contributed by atoms with Crippen LogP contribution in [0.1, 0.15) is 54.9 Å². The highest BCUT2D eigenvalue weighted by Crippen LogP contribution is 2.56. The van der Waals surface area contributed by atoms with Crippen LogP contribution in [0, 0.1) is 23.2 Å². The molecule has 0 aliphatic heterocycles. The predicted octanol–water partition coefficient (Wildman–Crippen LogP) is 6.03. The molecule has 1 aromatic rings. The molecule has 1 aromatic carbocycles. The minimum absolute atomic E-state index is 0.0372. The molecule has 1 aliphatic rings. The molecule has 0 bridgehead atoms. The Morgan fingerprint density at radius 1 is 1.23 bits per heavy atom. The molecule has 0 amide bonds. The van der Waals surface area contributed by atoms with E-state index in [4.69, 9.17) is 4.74 Å². The van der Waals surface area contributed by atoms with Gasteiger partial charge < -0.3 is 9.84 Å². The summed E-state index contributed by atoms with van der Waals surface area (Å²) in [4.78, 5) is 13.0. The van der Waals surface area contributed by atoms with Gasteiger partial charge in [-0.1, -0.05) is 64.1 Å². The van der Waals surface area contributed by atoms with Crippen molar-refractivity contribution < 1.29 is 14.6 Å². The van der Waals surface area contributed by atoms with Gasteiger partial charge in [0, 0.05) is 26.1 Å². The maximum atomic E-state index is 13.0. The molecular formula is C30H46N2O3. The largest absolute Gasteiger partial charge is 0.381 e. The second-order valence-corrected chi connectivity index (χ2v) is 10.8. The number of Topliss-reactive ketones (excluding diaryl/α,β-unsaturated/α-hetero) is 1. The summed E-state index contributed by atoms with van der Waals surface area (Å²) < 4.78 is 5.37. The van der Waals surface area contributed by atoms with Crippen LogP contribution in [0.3, 0.4) is 0 Å². The summed E-state index contributed by atoms with van der Waals surface area (Å²) in [6, 6.07) is 10.2. The monoisotopic (exact) mass is 482 g/mol. The lowest BCUT2D eigenvalue weighted by atomic mass is 9.66. The fraction of sp³-hybridized carbons (Fsp3) is 0.567. The third-order valence-corrected chi connectivity index (χ3v) is 7.92. The standard InChI is InChI=1S/C30H46N2O3/c1-11-35-20-28(33)30(34)24(5)19-27(29(30,7)8)23(4)17-21(2)22(3)18-25(6)32(31(9)10)26-15-13-12-14-16-26/h12-18,23-24,27,34H,6,11,19-20H2,1-5,7-10H3/b21-17-,22-18+. The summed E-state index contributed by atoms with van der Waals surface area (Å²) in [6.07, 6.45) is 5.18. The molecule has 1 aliphatic carbocycles. The molecule has 4 unspecified atom stereocenters. The zero-order valence-corrected chi connectivity index (χ0v) is 23.3. The van der Waals surface area contributed by atoms with Crippen LogP contribution < -0.4 is 5.01 Å². The Balaban J connectivity index is 2.26. The van der Waals surface area contributed by atoms with Crippen molar-refractivity contribution in [2.24, 2.45) is 23.2 Å². The molecule has 5 nitrogen and oxygen atoms in total. The summed E-state index contributed by atoms with van der Waals surface area (Å²) in [7, 11) is 4.01. The lowest BCUT2D eigenvalue weighted by Gasteiger charge is -2.42. The number of hydrogen-bond donors (Lipinski definition) is 1. The van der Waals surface area contributed by atoms with Gasteiger partial charge in [0.15, 0.2) is 5.78 Å². The van der Waals surface area contributed by atoms with Gasteiger partial charge in [0.1, 0.15) is 12.2 Å². The van der Waals surface area contributed by atoms with Crippen LogP contribution >= 0.6 is 0 Å². The Labute approximate surface area is 213 Å². The third-order valence-electron chi connectivity index (χ3n) is 7.92. The lowest BCUT2D eigenvalue weighted by Crippen LogP contribution is -2.54. The van der Waals surface area contributed by atoms with Crippen LogP contribution in [-0.2, 0) is 9.53 Å². The zero-order chi connectivity index (χ0) is 26.6. The first kappa shape index (κ1) is 29.0. The van der Waals surface area contributed by atoms with E-state index in [0.717, 1.165) is 23.4 Å². The molecule has 194 valence electrons. The van der Waals surface area contributed by atoms with Crippen molar-refractivity contribution >= 4 is 11.5 Å². The van der Waals surface area contributed by atoms with E-state index in [-0.39, 0.29) is 30.1 Å². The average Bonchev–Trinajstić information content (AvgIpc) is 2.98. The number of para-hydroxylation sites is 1. The molecule has 0 radical (unpaired) electrons. The number of hydrogen-bond acceptors (Lipinski definition) is 5. The predicted molar refractivity (Wildman–Crippen MR) is 146 cm³/mol. The molecule has 0 aromatic heterocycles. The number of carbonyl (C=O) groups excluding carboxylic acids is 1. The highest BCUT2D eigenvalue weighted by Gasteiger charge is 2.62. The Morgan fingerprint density at radius 2 is 1.83 bits per heavy atom. The number of ketones is 1. The number of anilines is 1. The fourth-order valence-corrected chi connectivity index (χ4v) is 5.86. The molecule has 1 N–H and O–H groups in total. The van der Waals surface area contributed by atoms with Crippen LogP contribution in [0.15, 0.2) is 65.9 Å². The molecule has 4 atom stereocenters. The van der Waals surface area contributed by atoms with Gasteiger partial charge in [0.2, 0.25) is 0 Å². The first-order valence-corrected chi connectivity index (χ1v) is 12.7. The SMILES string of the molecule is C=C(/C=C(C)/C(C)=C\C(C)C1CC(C)C(O)(C(=O)COCC)C1(C)C)N(c1ccccc1)N(C)C. The summed E-state index contributed by atoms with van der Waals surface area (Å²) >= 11 is 0. The van der Waals surface area contributed by atoms with Crippen molar-refractivity contribution in [2.45, 2.75) is 60.5 Å². The molecular weight excluding hydrogens is 436 g/mol. The number of hydrazine groups is 1. The Kier molecular flexibility index (Phi) is 9.69. The third kappa shape index (κ3) is 5.96. The van der Waals surface area contributed by atoms with Crippen molar-refractivity contribution in [3.8, 4) is 0 Å². The number of carbonyl (C=O) groups is 1. The van der Waals surface area contributed by atoms with E-state index in [1.165, 1.54) is 5.57 Å². The minimum Gasteiger partial charge on any atom is -0.381 e. The van der Waals surface area contributed by atoms with E-state index >= 15 is 0 Å². The summed E-state index contributed by atoms with van der Waals surface area (Å²) in [5.74, 6) is 0.0329. The van der Waals surface area contributed by atoms with Gasteiger partial charge in [-0.3, -0.25) is 9.80 Å². The van der Waals surface area contributed by atoms with Gasteiger partial charge in [-0.2, -0.15) is 0 Å². The van der Waals surface area contributed by atoms with Gasteiger partial charge in [0.25, 0.3) is 0 Å². The number of aliphatic hydroxyl groups is 1. The first-order chi connectivity index (χ1) is 16.3. The van der Waals surface area contributed by atoms with Crippen LogP contribution in [0.4, 0.5) is 5.69 Å². The van der Waals surface area contributed by atoms with Gasteiger partial charge in [-0.15, -0.1) is 0 Å². The Hall–Kier alpha value is -2.21. The summed E-state index contributed by atoms with van der Waals surface area (Å²) in [6.45, 7) is 19.1. The van der Waals surface area contributed by atoms with Crippen LogP contribution in [0.5, 0.6) is 0 Å². The van der Waals surface area contributed by atoms with E-state index in [1.54, 1.807) is 0 Å². The second kappa shape index (κ2) is 11.7. The van der Waals surface area contributed by atoms with Gasteiger partial charge in [0.05, 0.1) is 11.4 Å². The van der Waals surface area contributed by atoms with Crippen molar-refractivity contribution in [1.82, 2.24) is 5.01 Å². The molecule has 35 heavy (non-hydrogen) atoms. The van der Waals surface area contributed by atoms with Crippen molar-refractivity contribution in [3.63, 3.8) is 0 Å². The second-order valence-electron chi connectivity index (χ2n) is 10.8. The highest BCUT2D eigenvalue weighted by atomic mass is 16.5. The summed E-state index contributed by atoms with van der Waals surface area (Å²) in [5, 5.41) is 15.7. The Bertz CT molecular complexity index is 948. The van der Waals surface area contributed by atoms with E-state index in [9.17, 15) is 9.90 Å². The van der Waals surface area contributed by atoms with E-state index < -0.39 is 11.0 Å². The fourth-order valence-electron chi connectivity index (χ4n) is 5.86. The lowest BCUT2D eigenvalue weighted by molar-refractivity contribution is -0.160. The molecule has 0 spiro atoms. The maximum absolute atomic E-state index is 13.0. The van der Waals surface area contributed by atoms with Crippen LogP contribution in [0.2, 0.25) is 0 Å². The van der Waals surface area contributed by atoms with Crippen LogP contribution in [0.25, 0.3) is 0 Å². The van der Waals surface area contributed by atoms with Crippen molar-refractivity contribution in [3.05, 3.63) is 65.9 Å². The quantitative estimate of drug-likeness (QED) is 0.308. The molecule has 0 heterocycles. The summed E-state index contributed by atoms with van der Waals surface area (Å²) in [5.41, 5.74) is 2.29. The molecule has 5 heteroatoms. The smallest absolute Gasteiger partial charge is 0.190 e. The topological polar surface area (TPSA) is 53.0 Å². The first-order valence-electron chi connectivity index (χ1n) is 12.7. The van der Waals surface area contributed by atoms with Gasteiger partial charge in [-0.05, 0) is 68.7 Å². The molecule has 2 rings (SSSR count). The highest BCUT2D eigenvalue weighted by molar-refractivity contribution is 5.90. The Morgan fingerprint density at radius 3 is 2.37 bits per heavy atom. The number of rotatable bonds is 11. The normalized spacial score (nSPS) is 25.6. The minimum atomic E-state index is -1.39. The molecule has 1 fully saturated rings. The maximum Gasteiger partial charge on any atom is 0.190 e. The van der Waals surface area contributed by atoms with Gasteiger partial charge >= 0.3 is 0 Å². The van der Waals surface area contributed by atoms with E-state index in [0.29, 0.717) is 6.61 Å². The molecule has 1 saturated carbocycles. The zero-order valence-electron chi connectivity index (χ0n) is 23.3. The van der Waals surface area contributed by atoms with E-state index in [1.807, 2.05) is 65.0 Å². The number of allylic oxidation sites excluding steroid dienone is 4. The number of ether oxygens (including phenoxy) is 1. The van der Waals surface area contributed by atoms with Crippen molar-refractivity contribution in [2.75, 3.05) is 32.3 Å². The van der Waals surface area contributed by atoms with E-state index in [2.05, 4.69) is 56.6 Å². The van der Waals surface area contributed by atoms with Crippen LogP contribution in [-0.4, -0.2) is 48.8 Å². The van der Waals surface area contributed by atoms with Crippen molar-refractivity contribution in [1.29, 1.82) is 0 Å². The van der Waals surface area contributed by atoms with Gasteiger partial charge in [-0.25, -0.2) is 5.01 Å². The number of benzene rings is 1.